The molecule has 0 saturated carbocycles. The fourth-order valence-electron chi connectivity index (χ4n) is 1.94. The lowest BCUT2D eigenvalue weighted by atomic mass is 10.1. The van der Waals surface area contributed by atoms with Gasteiger partial charge in [-0.15, -0.1) is 0 Å². The van der Waals surface area contributed by atoms with Crippen LogP contribution in [-0.2, 0) is 9.47 Å². The van der Waals surface area contributed by atoms with E-state index in [-0.39, 0.29) is 18.8 Å². The Morgan fingerprint density at radius 1 is 1.31 bits per heavy atom. The molecule has 3 nitrogen and oxygen atoms in total. The van der Waals surface area contributed by atoms with Crippen molar-refractivity contribution in [1.29, 1.82) is 0 Å². The first-order chi connectivity index (χ1) is 7.53. The summed E-state index contributed by atoms with van der Waals surface area (Å²) in [5.74, 6) is -0.683. The topological polar surface area (TPSA) is 38.7 Å². The standard InChI is InChI=1S/C12H15ClO3/c1-12(2)15-10(7-14)11(16-12)8-5-3-4-6-9(8)13/h3-6,10-11,14H,7H2,1-2H3/t10-,11?/m1/s1. The lowest BCUT2D eigenvalue weighted by molar-refractivity contribution is -0.149. The largest absolute Gasteiger partial charge is 0.394 e. The first kappa shape index (κ1) is 11.9. The van der Waals surface area contributed by atoms with Gasteiger partial charge in [-0.3, -0.25) is 0 Å². The fourth-order valence-corrected chi connectivity index (χ4v) is 2.18. The summed E-state index contributed by atoms with van der Waals surface area (Å²) in [5.41, 5.74) is 0.855. The Morgan fingerprint density at radius 2 is 2.00 bits per heavy atom. The molecule has 0 aromatic heterocycles. The Bertz CT molecular complexity index is 378. The molecular weight excluding hydrogens is 228 g/mol. The average Bonchev–Trinajstić information content (AvgIpc) is 2.54. The van der Waals surface area contributed by atoms with Crippen LogP contribution in [-0.4, -0.2) is 23.6 Å². The predicted octanol–water partition coefficient (Wildman–Crippen LogP) is 2.52. The van der Waals surface area contributed by atoms with E-state index in [1.807, 2.05) is 32.0 Å². The van der Waals surface area contributed by atoms with Gasteiger partial charge in [-0.2, -0.15) is 0 Å². The molecule has 1 aliphatic rings. The molecule has 16 heavy (non-hydrogen) atoms. The number of rotatable bonds is 2. The van der Waals surface area contributed by atoms with Gasteiger partial charge in [0.05, 0.1) is 6.61 Å². The number of aliphatic hydroxyl groups excluding tert-OH is 1. The zero-order valence-corrected chi connectivity index (χ0v) is 10.1. The molecule has 0 bridgehead atoms. The van der Waals surface area contributed by atoms with Crippen molar-refractivity contribution in [3.63, 3.8) is 0 Å². The Kier molecular flexibility index (Phi) is 3.22. The van der Waals surface area contributed by atoms with Crippen LogP contribution in [0, 0.1) is 0 Å². The maximum absolute atomic E-state index is 9.27. The van der Waals surface area contributed by atoms with E-state index in [4.69, 9.17) is 21.1 Å². The highest BCUT2D eigenvalue weighted by Gasteiger charge is 2.42. The maximum Gasteiger partial charge on any atom is 0.164 e. The summed E-state index contributed by atoms with van der Waals surface area (Å²) in [6, 6.07) is 7.45. The normalized spacial score (nSPS) is 28.2. The highest BCUT2D eigenvalue weighted by atomic mass is 35.5. The summed E-state index contributed by atoms with van der Waals surface area (Å²) in [5, 5.41) is 9.90. The summed E-state index contributed by atoms with van der Waals surface area (Å²) >= 11 is 6.10. The van der Waals surface area contributed by atoms with Crippen LogP contribution in [0.4, 0.5) is 0 Å². The molecule has 88 valence electrons. The fraction of sp³-hybridized carbons (Fsp3) is 0.500. The lowest BCUT2D eigenvalue weighted by Crippen LogP contribution is -2.23. The van der Waals surface area contributed by atoms with Crippen LogP contribution < -0.4 is 0 Å². The molecule has 1 unspecified atom stereocenters. The van der Waals surface area contributed by atoms with E-state index in [9.17, 15) is 5.11 Å². The van der Waals surface area contributed by atoms with E-state index in [0.29, 0.717) is 5.02 Å². The molecule has 1 aromatic carbocycles. The Balaban J connectivity index is 2.30. The molecule has 2 rings (SSSR count). The Morgan fingerprint density at radius 3 is 2.62 bits per heavy atom. The second-order valence-electron chi connectivity index (χ2n) is 4.30. The van der Waals surface area contributed by atoms with E-state index in [0.717, 1.165) is 5.56 Å². The van der Waals surface area contributed by atoms with Crippen molar-refractivity contribution in [2.75, 3.05) is 6.61 Å². The average molecular weight is 243 g/mol. The minimum absolute atomic E-state index is 0.0840. The van der Waals surface area contributed by atoms with E-state index in [2.05, 4.69) is 0 Å². The van der Waals surface area contributed by atoms with Gasteiger partial charge in [-0.25, -0.2) is 0 Å². The first-order valence-corrected chi connectivity index (χ1v) is 5.62. The highest BCUT2D eigenvalue weighted by Crippen LogP contribution is 2.40. The van der Waals surface area contributed by atoms with Gasteiger partial charge in [-0.1, -0.05) is 29.8 Å². The third-order valence-electron chi connectivity index (χ3n) is 2.58. The molecule has 0 spiro atoms. The van der Waals surface area contributed by atoms with Gasteiger partial charge in [0.2, 0.25) is 0 Å². The summed E-state index contributed by atoms with van der Waals surface area (Å²) in [6.45, 7) is 3.57. The van der Waals surface area contributed by atoms with Crippen LogP contribution in [0.5, 0.6) is 0 Å². The maximum atomic E-state index is 9.27. The smallest absolute Gasteiger partial charge is 0.164 e. The van der Waals surface area contributed by atoms with Crippen molar-refractivity contribution in [2.45, 2.75) is 31.8 Å². The summed E-state index contributed by atoms with van der Waals surface area (Å²) in [4.78, 5) is 0. The summed E-state index contributed by atoms with van der Waals surface area (Å²) in [7, 11) is 0. The van der Waals surface area contributed by atoms with Crippen LogP contribution in [0.15, 0.2) is 24.3 Å². The van der Waals surface area contributed by atoms with Crippen molar-refractivity contribution in [1.82, 2.24) is 0 Å². The molecule has 1 aromatic rings. The SMILES string of the molecule is CC1(C)OC(c2ccccc2Cl)[C@@H](CO)O1. The summed E-state index contributed by atoms with van der Waals surface area (Å²) in [6.07, 6.45) is -0.677. The molecule has 0 aliphatic carbocycles. The minimum atomic E-state index is -0.683. The highest BCUT2D eigenvalue weighted by molar-refractivity contribution is 6.31. The Labute approximate surface area is 99.9 Å². The molecule has 1 aliphatic heterocycles. The second kappa shape index (κ2) is 4.34. The van der Waals surface area contributed by atoms with Gasteiger partial charge in [0.1, 0.15) is 12.2 Å². The van der Waals surface area contributed by atoms with Crippen LogP contribution >= 0.6 is 11.6 Å². The van der Waals surface area contributed by atoms with E-state index >= 15 is 0 Å². The van der Waals surface area contributed by atoms with Crippen LogP contribution in [0.1, 0.15) is 25.5 Å². The molecule has 4 heteroatoms. The monoisotopic (exact) mass is 242 g/mol. The van der Waals surface area contributed by atoms with Crippen molar-refractivity contribution < 1.29 is 14.6 Å². The van der Waals surface area contributed by atoms with Gasteiger partial charge in [0.15, 0.2) is 5.79 Å². The van der Waals surface area contributed by atoms with Crippen LogP contribution in [0.3, 0.4) is 0 Å². The molecule has 1 N–H and O–H groups in total. The van der Waals surface area contributed by atoms with Crippen molar-refractivity contribution in [3.8, 4) is 0 Å². The second-order valence-corrected chi connectivity index (χ2v) is 4.71. The van der Waals surface area contributed by atoms with E-state index < -0.39 is 5.79 Å². The molecule has 1 fully saturated rings. The molecule has 0 amide bonds. The van der Waals surface area contributed by atoms with Gasteiger partial charge in [0, 0.05) is 10.6 Å². The van der Waals surface area contributed by atoms with Crippen molar-refractivity contribution in [3.05, 3.63) is 34.9 Å². The number of benzene rings is 1. The number of hydrogen-bond acceptors (Lipinski definition) is 3. The van der Waals surface area contributed by atoms with Gasteiger partial charge < -0.3 is 14.6 Å². The Hall–Kier alpha value is -0.610. The molecule has 1 saturated heterocycles. The van der Waals surface area contributed by atoms with Gasteiger partial charge in [-0.05, 0) is 19.9 Å². The van der Waals surface area contributed by atoms with Gasteiger partial charge >= 0.3 is 0 Å². The number of ether oxygens (including phenoxy) is 2. The number of halogens is 1. The lowest BCUT2D eigenvalue weighted by Gasteiger charge is -2.17. The molecule has 2 atom stereocenters. The first-order valence-electron chi connectivity index (χ1n) is 5.24. The van der Waals surface area contributed by atoms with E-state index in [1.165, 1.54) is 0 Å². The van der Waals surface area contributed by atoms with E-state index in [1.54, 1.807) is 6.07 Å². The molecular formula is C12H15ClO3. The summed E-state index contributed by atoms with van der Waals surface area (Å²) < 4.78 is 11.3. The van der Waals surface area contributed by atoms with Crippen molar-refractivity contribution >= 4 is 11.6 Å². The predicted molar refractivity (Wildman–Crippen MR) is 61.3 cm³/mol. The number of aliphatic hydroxyl groups is 1. The minimum Gasteiger partial charge on any atom is -0.394 e. The third-order valence-corrected chi connectivity index (χ3v) is 2.92. The van der Waals surface area contributed by atoms with Crippen LogP contribution in [0.25, 0.3) is 0 Å². The molecule has 1 heterocycles. The zero-order valence-electron chi connectivity index (χ0n) is 9.31. The van der Waals surface area contributed by atoms with Crippen molar-refractivity contribution in [2.24, 2.45) is 0 Å². The quantitative estimate of drug-likeness (QED) is 0.866. The van der Waals surface area contributed by atoms with Gasteiger partial charge in [0.25, 0.3) is 0 Å². The number of hydrogen-bond donors (Lipinski definition) is 1. The zero-order chi connectivity index (χ0) is 11.8. The third kappa shape index (κ3) is 2.23. The molecule has 0 radical (unpaired) electrons. The van der Waals surface area contributed by atoms with Crippen LogP contribution in [0.2, 0.25) is 5.02 Å².